The molecule has 1 aromatic heterocycles. The Morgan fingerprint density at radius 2 is 1.94 bits per heavy atom. The summed E-state index contributed by atoms with van der Waals surface area (Å²) >= 11 is 5.92. The van der Waals surface area contributed by atoms with Crippen LogP contribution in [0, 0.1) is 13.8 Å². The highest BCUT2D eigenvalue weighted by molar-refractivity contribution is 6.30. The van der Waals surface area contributed by atoms with Crippen molar-refractivity contribution in [2.45, 2.75) is 33.2 Å². The second kappa shape index (κ2) is 4.25. The zero-order valence-corrected chi connectivity index (χ0v) is 10.5. The Hall–Kier alpha value is -1.36. The quantitative estimate of drug-likeness (QED) is 0.786. The predicted molar refractivity (Wildman–Crippen MR) is 63.4 cm³/mol. The SMILES string of the molecule is Cc1nc(Cl)c(C)c(NC(C)(C)C(N)=O)n1. The normalized spacial score (nSPS) is 11.3. The van der Waals surface area contributed by atoms with Crippen molar-refractivity contribution in [3.05, 3.63) is 16.5 Å². The van der Waals surface area contributed by atoms with E-state index in [0.717, 1.165) is 0 Å². The van der Waals surface area contributed by atoms with E-state index in [-0.39, 0.29) is 0 Å². The Balaban J connectivity index is 3.11. The highest BCUT2D eigenvalue weighted by Crippen LogP contribution is 2.22. The molecule has 5 nitrogen and oxygen atoms in total. The number of hydrogen-bond donors (Lipinski definition) is 2. The van der Waals surface area contributed by atoms with Crippen molar-refractivity contribution in [2.24, 2.45) is 5.73 Å². The van der Waals surface area contributed by atoms with Crippen LogP contribution < -0.4 is 11.1 Å². The maximum Gasteiger partial charge on any atom is 0.242 e. The molecule has 3 N–H and O–H groups in total. The third-order valence-corrected chi connectivity index (χ3v) is 2.61. The number of carbonyl (C=O) groups excluding carboxylic acids is 1. The number of anilines is 1. The molecule has 1 heterocycles. The molecular formula is C10H15ClN4O. The van der Waals surface area contributed by atoms with E-state index in [1.54, 1.807) is 27.7 Å². The molecule has 0 atom stereocenters. The number of halogens is 1. The van der Waals surface area contributed by atoms with Gasteiger partial charge >= 0.3 is 0 Å². The van der Waals surface area contributed by atoms with Gasteiger partial charge in [-0.05, 0) is 27.7 Å². The zero-order chi connectivity index (χ0) is 12.5. The summed E-state index contributed by atoms with van der Waals surface area (Å²) in [5.74, 6) is 0.610. The first-order valence-electron chi connectivity index (χ1n) is 4.83. The van der Waals surface area contributed by atoms with Crippen molar-refractivity contribution in [1.29, 1.82) is 0 Å². The van der Waals surface area contributed by atoms with Gasteiger partial charge in [0.1, 0.15) is 22.3 Å². The van der Waals surface area contributed by atoms with Crippen LogP contribution in [0.4, 0.5) is 5.82 Å². The summed E-state index contributed by atoms with van der Waals surface area (Å²) in [5, 5.41) is 3.33. The van der Waals surface area contributed by atoms with Gasteiger partial charge in [0.2, 0.25) is 5.91 Å². The van der Waals surface area contributed by atoms with Crippen LogP contribution in [0.1, 0.15) is 25.2 Å². The van der Waals surface area contributed by atoms with Crippen molar-refractivity contribution in [2.75, 3.05) is 5.32 Å². The van der Waals surface area contributed by atoms with Gasteiger partial charge in [-0.15, -0.1) is 0 Å². The number of amides is 1. The summed E-state index contributed by atoms with van der Waals surface area (Å²) in [4.78, 5) is 19.4. The maximum absolute atomic E-state index is 11.2. The van der Waals surface area contributed by atoms with Crippen molar-refractivity contribution >= 4 is 23.3 Å². The molecule has 0 saturated heterocycles. The number of hydrogen-bond acceptors (Lipinski definition) is 4. The third-order valence-electron chi connectivity index (χ3n) is 2.25. The highest BCUT2D eigenvalue weighted by Gasteiger charge is 2.26. The van der Waals surface area contributed by atoms with Gasteiger partial charge in [-0.25, -0.2) is 9.97 Å². The van der Waals surface area contributed by atoms with E-state index in [2.05, 4.69) is 15.3 Å². The van der Waals surface area contributed by atoms with Gasteiger partial charge in [-0.3, -0.25) is 4.79 Å². The fourth-order valence-corrected chi connectivity index (χ4v) is 1.29. The minimum absolute atomic E-state index is 0.371. The van der Waals surface area contributed by atoms with Gasteiger partial charge < -0.3 is 11.1 Å². The number of aromatic nitrogens is 2. The van der Waals surface area contributed by atoms with Gasteiger partial charge in [-0.2, -0.15) is 0 Å². The molecule has 0 spiro atoms. The molecule has 0 aliphatic carbocycles. The second-order valence-corrected chi connectivity index (χ2v) is 4.51. The lowest BCUT2D eigenvalue weighted by Crippen LogP contribution is -2.45. The zero-order valence-electron chi connectivity index (χ0n) is 9.76. The summed E-state index contributed by atoms with van der Waals surface area (Å²) in [6.07, 6.45) is 0. The molecule has 16 heavy (non-hydrogen) atoms. The van der Waals surface area contributed by atoms with Gasteiger partial charge in [0, 0.05) is 5.56 Å². The predicted octanol–water partition coefficient (Wildman–Crippen LogP) is 1.42. The lowest BCUT2D eigenvalue weighted by atomic mass is 10.1. The molecule has 0 aromatic carbocycles. The first kappa shape index (κ1) is 12.7. The van der Waals surface area contributed by atoms with Gasteiger partial charge in [0.15, 0.2) is 0 Å². The summed E-state index contributed by atoms with van der Waals surface area (Å²) < 4.78 is 0. The molecule has 1 amide bonds. The molecule has 0 aliphatic heterocycles. The van der Waals surface area contributed by atoms with Crippen LogP contribution in [-0.2, 0) is 4.79 Å². The molecule has 88 valence electrons. The molecule has 0 bridgehead atoms. The average Bonchev–Trinajstić information content (AvgIpc) is 2.12. The summed E-state index contributed by atoms with van der Waals surface area (Å²) in [6.45, 7) is 6.87. The van der Waals surface area contributed by atoms with Crippen LogP contribution in [0.5, 0.6) is 0 Å². The molecule has 0 radical (unpaired) electrons. The number of nitrogens with two attached hydrogens (primary N) is 1. The Bertz CT molecular complexity index is 431. The molecule has 1 rings (SSSR count). The van der Waals surface area contributed by atoms with E-state index in [9.17, 15) is 4.79 Å². The van der Waals surface area contributed by atoms with Crippen LogP contribution >= 0.6 is 11.6 Å². The van der Waals surface area contributed by atoms with Gasteiger partial charge in [-0.1, -0.05) is 11.6 Å². The minimum atomic E-state index is -0.880. The molecule has 0 aliphatic rings. The molecule has 6 heteroatoms. The lowest BCUT2D eigenvalue weighted by molar-refractivity contribution is -0.121. The van der Waals surface area contributed by atoms with Crippen molar-refractivity contribution in [1.82, 2.24) is 9.97 Å². The van der Waals surface area contributed by atoms with Crippen molar-refractivity contribution in [3.8, 4) is 0 Å². The fraction of sp³-hybridized carbons (Fsp3) is 0.500. The van der Waals surface area contributed by atoms with E-state index in [1.807, 2.05) is 0 Å². The largest absolute Gasteiger partial charge is 0.368 e. The van der Waals surface area contributed by atoms with Crippen LogP contribution in [0.25, 0.3) is 0 Å². The number of carbonyl (C=O) groups is 1. The van der Waals surface area contributed by atoms with Crippen molar-refractivity contribution in [3.63, 3.8) is 0 Å². The van der Waals surface area contributed by atoms with Crippen LogP contribution in [0.2, 0.25) is 5.15 Å². The second-order valence-electron chi connectivity index (χ2n) is 4.15. The summed E-state index contributed by atoms with van der Waals surface area (Å²) in [5.41, 5.74) is 5.08. The minimum Gasteiger partial charge on any atom is -0.368 e. The number of rotatable bonds is 3. The van der Waals surface area contributed by atoms with E-state index in [0.29, 0.717) is 22.4 Å². The number of aryl methyl sites for hydroxylation is 1. The molecule has 0 fully saturated rings. The topological polar surface area (TPSA) is 80.9 Å². The Kier molecular flexibility index (Phi) is 3.38. The monoisotopic (exact) mass is 242 g/mol. The summed E-state index contributed by atoms with van der Waals surface area (Å²) in [7, 11) is 0. The molecule has 0 unspecified atom stereocenters. The number of nitrogens with one attached hydrogen (secondary N) is 1. The first-order valence-corrected chi connectivity index (χ1v) is 5.20. The Morgan fingerprint density at radius 1 is 1.38 bits per heavy atom. The van der Waals surface area contributed by atoms with Crippen LogP contribution in [-0.4, -0.2) is 21.4 Å². The maximum atomic E-state index is 11.2. The van der Waals surface area contributed by atoms with Crippen LogP contribution in [0.3, 0.4) is 0 Å². The highest BCUT2D eigenvalue weighted by atomic mass is 35.5. The fourth-order valence-electron chi connectivity index (χ4n) is 1.07. The van der Waals surface area contributed by atoms with Crippen LogP contribution in [0.15, 0.2) is 0 Å². The Morgan fingerprint density at radius 3 is 2.44 bits per heavy atom. The van der Waals surface area contributed by atoms with Crippen molar-refractivity contribution < 1.29 is 4.79 Å². The lowest BCUT2D eigenvalue weighted by Gasteiger charge is -2.24. The number of primary amides is 1. The van der Waals surface area contributed by atoms with Gasteiger partial charge in [0.25, 0.3) is 0 Å². The molecule has 0 saturated carbocycles. The van der Waals surface area contributed by atoms with E-state index in [4.69, 9.17) is 17.3 Å². The third kappa shape index (κ3) is 2.61. The Labute approximate surface area is 99.4 Å². The summed E-state index contributed by atoms with van der Waals surface area (Å²) in [6, 6.07) is 0. The average molecular weight is 243 g/mol. The van der Waals surface area contributed by atoms with E-state index in [1.165, 1.54) is 0 Å². The first-order chi connectivity index (χ1) is 7.24. The van der Waals surface area contributed by atoms with Gasteiger partial charge in [0.05, 0.1) is 0 Å². The van der Waals surface area contributed by atoms with E-state index >= 15 is 0 Å². The molecular weight excluding hydrogens is 228 g/mol. The number of nitrogens with zero attached hydrogens (tertiary/aromatic N) is 2. The standard InChI is InChI=1S/C10H15ClN4O/c1-5-7(11)13-6(2)14-8(5)15-10(3,4)9(12)16/h1-4H3,(H2,12,16)(H,13,14,15). The smallest absolute Gasteiger partial charge is 0.242 e. The van der Waals surface area contributed by atoms with E-state index < -0.39 is 11.4 Å². The molecule has 1 aromatic rings.